The number of hydrogen-bond acceptors (Lipinski definition) is 4. The van der Waals surface area contributed by atoms with Gasteiger partial charge in [-0.15, -0.1) is 0 Å². The summed E-state index contributed by atoms with van der Waals surface area (Å²) < 4.78 is 25.0. The molecule has 1 aliphatic heterocycles. The lowest BCUT2D eigenvalue weighted by Crippen LogP contribution is -2.68. The molecule has 0 bridgehead atoms. The van der Waals surface area contributed by atoms with Crippen LogP contribution in [0.4, 0.5) is 0 Å². The molecular weight excluding hydrogens is 412 g/mol. The topological polar surface area (TPSA) is 74.8 Å². The Kier molecular flexibility index (Phi) is 6.72. The number of fused-ring (bicyclic) bond motifs is 1. The van der Waals surface area contributed by atoms with Crippen molar-refractivity contribution in [3.63, 3.8) is 0 Å². The third-order valence-electron chi connectivity index (χ3n) is 8.86. The highest BCUT2D eigenvalue weighted by Gasteiger charge is 2.49. The van der Waals surface area contributed by atoms with Crippen molar-refractivity contribution in [2.24, 2.45) is 17.8 Å². The smallest absolute Gasteiger partial charge is 0.226 e. The molecule has 0 N–H and O–H groups in total. The molecule has 1 saturated heterocycles. The Labute approximate surface area is 188 Å². The third kappa shape index (κ3) is 4.40. The van der Waals surface area contributed by atoms with Crippen LogP contribution in [-0.2, 0) is 19.4 Å². The van der Waals surface area contributed by atoms with Crippen LogP contribution in [0, 0.1) is 17.8 Å². The summed E-state index contributed by atoms with van der Waals surface area (Å²) in [5.41, 5.74) is 0. The standard InChI is InChI=1S/C24H40N2O4S/c1-4-31(29,30)21-10-6-9-19(13-21)20-11-12-22-23(14-20)25(24(28)18-7-5-8-18)15-16(2)26(22)17(3)27/h16,18-23H,4-15H2,1-3H3/t16-,19?,20?,21?,22?,23?/m0/s1. The van der Waals surface area contributed by atoms with Crippen molar-refractivity contribution in [3.05, 3.63) is 0 Å². The first kappa shape index (κ1) is 23.1. The molecule has 4 aliphatic rings. The molecule has 1 heterocycles. The first-order valence-corrected chi connectivity index (χ1v) is 14.2. The fraction of sp³-hybridized carbons (Fsp3) is 0.917. The van der Waals surface area contributed by atoms with Gasteiger partial charge in [-0.25, -0.2) is 8.42 Å². The van der Waals surface area contributed by atoms with E-state index in [0.717, 1.165) is 64.2 Å². The highest BCUT2D eigenvalue weighted by atomic mass is 32.2. The summed E-state index contributed by atoms with van der Waals surface area (Å²) in [5.74, 6) is 1.69. The Morgan fingerprint density at radius 2 is 1.58 bits per heavy atom. The molecule has 4 rings (SSSR count). The van der Waals surface area contributed by atoms with Crippen LogP contribution in [0.5, 0.6) is 0 Å². The monoisotopic (exact) mass is 452 g/mol. The fourth-order valence-corrected chi connectivity index (χ4v) is 8.48. The van der Waals surface area contributed by atoms with Crippen molar-refractivity contribution in [2.45, 2.75) is 108 Å². The number of sulfone groups is 1. The molecule has 176 valence electrons. The van der Waals surface area contributed by atoms with Gasteiger partial charge in [0, 0.05) is 31.2 Å². The van der Waals surface area contributed by atoms with Crippen LogP contribution in [0.2, 0.25) is 0 Å². The molecule has 7 heteroatoms. The van der Waals surface area contributed by atoms with E-state index in [1.807, 2.05) is 4.90 Å². The van der Waals surface area contributed by atoms with E-state index in [4.69, 9.17) is 0 Å². The quantitative estimate of drug-likeness (QED) is 0.655. The van der Waals surface area contributed by atoms with Gasteiger partial charge in [-0.05, 0) is 63.7 Å². The lowest BCUT2D eigenvalue weighted by atomic mass is 9.69. The molecule has 2 amide bonds. The Bertz CT molecular complexity index is 793. The van der Waals surface area contributed by atoms with E-state index in [1.54, 1.807) is 13.8 Å². The average molecular weight is 453 g/mol. The van der Waals surface area contributed by atoms with E-state index in [9.17, 15) is 18.0 Å². The maximum atomic E-state index is 13.3. The number of carbonyl (C=O) groups excluding carboxylic acids is 2. The van der Waals surface area contributed by atoms with Gasteiger partial charge >= 0.3 is 0 Å². The molecule has 4 fully saturated rings. The van der Waals surface area contributed by atoms with Gasteiger partial charge in [-0.1, -0.05) is 26.2 Å². The molecule has 0 aromatic heterocycles. The van der Waals surface area contributed by atoms with E-state index < -0.39 is 9.84 Å². The van der Waals surface area contributed by atoms with Crippen molar-refractivity contribution in [1.82, 2.24) is 9.80 Å². The second-order valence-electron chi connectivity index (χ2n) is 10.6. The van der Waals surface area contributed by atoms with Crippen LogP contribution in [0.1, 0.15) is 85.0 Å². The normalized spacial score (nSPS) is 37.1. The summed E-state index contributed by atoms with van der Waals surface area (Å²) in [6.07, 6.45) is 9.69. The minimum absolute atomic E-state index is 0.0630. The van der Waals surface area contributed by atoms with Gasteiger partial charge < -0.3 is 9.80 Å². The van der Waals surface area contributed by atoms with E-state index in [1.165, 1.54) is 0 Å². The van der Waals surface area contributed by atoms with E-state index in [-0.39, 0.29) is 41.0 Å². The van der Waals surface area contributed by atoms with Gasteiger partial charge in [0.25, 0.3) is 0 Å². The summed E-state index contributed by atoms with van der Waals surface area (Å²) in [5, 5.41) is -0.193. The second-order valence-corrected chi connectivity index (χ2v) is 13.2. The van der Waals surface area contributed by atoms with Crippen LogP contribution in [0.25, 0.3) is 0 Å². The molecule has 0 radical (unpaired) electrons. The highest BCUT2D eigenvalue weighted by Crippen LogP contribution is 2.44. The van der Waals surface area contributed by atoms with Gasteiger partial charge in [0.1, 0.15) is 0 Å². The second kappa shape index (κ2) is 9.03. The number of amides is 2. The Balaban J connectivity index is 1.53. The van der Waals surface area contributed by atoms with E-state index in [0.29, 0.717) is 24.3 Å². The molecule has 31 heavy (non-hydrogen) atoms. The lowest BCUT2D eigenvalue weighted by molar-refractivity contribution is -0.159. The molecule has 0 spiro atoms. The van der Waals surface area contributed by atoms with Gasteiger partial charge in [-0.2, -0.15) is 0 Å². The number of nitrogens with zero attached hydrogens (tertiary/aromatic N) is 2. The Morgan fingerprint density at radius 1 is 0.903 bits per heavy atom. The summed E-state index contributed by atoms with van der Waals surface area (Å²) in [7, 11) is -2.99. The minimum Gasteiger partial charge on any atom is -0.335 e. The largest absolute Gasteiger partial charge is 0.335 e. The summed E-state index contributed by atoms with van der Waals surface area (Å²) >= 11 is 0. The van der Waals surface area contributed by atoms with Crippen LogP contribution in [0.3, 0.4) is 0 Å². The van der Waals surface area contributed by atoms with Crippen LogP contribution >= 0.6 is 0 Å². The van der Waals surface area contributed by atoms with Crippen molar-refractivity contribution >= 4 is 21.7 Å². The first-order valence-electron chi connectivity index (χ1n) is 12.5. The molecule has 6 atom stereocenters. The number of carbonyl (C=O) groups is 2. The average Bonchev–Trinajstić information content (AvgIpc) is 2.71. The summed E-state index contributed by atoms with van der Waals surface area (Å²) in [6.45, 7) is 6.13. The maximum absolute atomic E-state index is 13.3. The van der Waals surface area contributed by atoms with Crippen LogP contribution in [0.15, 0.2) is 0 Å². The predicted octanol–water partition coefficient (Wildman–Crippen LogP) is 3.40. The zero-order valence-corrected chi connectivity index (χ0v) is 20.3. The number of piperazine rings is 1. The highest BCUT2D eigenvalue weighted by molar-refractivity contribution is 7.92. The molecule has 0 aromatic carbocycles. The van der Waals surface area contributed by atoms with E-state index in [2.05, 4.69) is 11.8 Å². The Morgan fingerprint density at radius 3 is 2.19 bits per heavy atom. The van der Waals surface area contributed by atoms with Crippen molar-refractivity contribution < 1.29 is 18.0 Å². The van der Waals surface area contributed by atoms with E-state index >= 15 is 0 Å². The summed E-state index contributed by atoms with van der Waals surface area (Å²) in [4.78, 5) is 29.9. The number of rotatable bonds is 4. The van der Waals surface area contributed by atoms with Crippen LogP contribution in [-0.4, -0.2) is 65.7 Å². The summed E-state index contributed by atoms with van der Waals surface area (Å²) in [6, 6.07) is 0.267. The molecule has 5 unspecified atom stereocenters. The third-order valence-corrected chi connectivity index (χ3v) is 11.1. The fourth-order valence-electron chi connectivity index (χ4n) is 6.94. The van der Waals surface area contributed by atoms with Crippen LogP contribution < -0.4 is 0 Å². The molecule has 3 saturated carbocycles. The first-order chi connectivity index (χ1) is 14.7. The van der Waals surface area contributed by atoms with Gasteiger partial charge in [0.2, 0.25) is 11.8 Å². The van der Waals surface area contributed by atoms with Gasteiger partial charge in [0.15, 0.2) is 9.84 Å². The van der Waals surface area contributed by atoms with Gasteiger partial charge in [0.05, 0.1) is 17.3 Å². The van der Waals surface area contributed by atoms with Crippen molar-refractivity contribution in [3.8, 4) is 0 Å². The lowest BCUT2D eigenvalue weighted by Gasteiger charge is -2.55. The van der Waals surface area contributed by atoms with Crippen molar-refractivity contribution in [2.75, 3.05) is 12.3 Å². The molecule has 6 nitrogen and oxygen atoms in total. The number of hydrogen-bond donors (Lipinski definition) is 0. The van der Waals surface area contributed by atoms with Crippen molar-refractivity contribution in [1.29, 1.82) is 0 Å². The molecule has 3 aliphatic carbocycles. The Hall–Kier alpha value is -1.11. The minimum atomic E-state index is -2.99. The molecular formula is C24H40N2O4S. The predicted molar refractivity (Wildman–Crippen MR) is 121 cm³/mol. The zero-order chi connectivity index (χ0) is 22.3. The maximum Gasteiger partial charge on any atom is 0.226 e. The zero-order valence-electron chi connectivity index (χ0n) is 19.5. The van der Waals surface area contributed by atoms with Gasteiger partial charge in [-0.3, -0.25) is 9.59 Å². The molecule has 0 aromatic rings. The SMILES string of the molecule is CCS(=O)(=O)C1CCCC(C2CCC3C(C2)N(C(=O)C2CCC2)C[C@H](C)N3C(C)=O)C1.